The first-order valence-electron chi connectivity index (χ1n) is 9.18. The van der Waals surface area contributed by atoms with Crippen molar-refractivity contribution >= 4 is 11.8 Å². The van der Waals surface area contributed by atoms with E-state index in [9.17, 15) is 9.18 Å². The molecule has 1 unspecified atom stereocenters. The van der Waals surface area contributed by atoms with E-state index in [0.717, 1.165) is 17.8 Å². The number of amides is 1. The van der Waals surface area contributed by atoms with E-state index >= 15 is 0 Å². The highest BCUT2D eigenvalue weighted by atomic mass is 19.1. The van der Waals surface area contributed by atoms with Gasteiger partial charge in [-0.05, 0) is 48.6 Å². The number of rotatable bonds is 4. The van der Waals surface area contributed by atoms with Crippen molar-refractivity contribution in [2.45, 2.75) is 25.5 Å². The van der Waals surface area contributed by atoms with Gasteiger partial charge in [-0.1, -0.05) is 30.3 Å². The molecule has 1 atom stereocenters. The summed E-state index contributed by atoms with van der Waals surface area (Å²) in [5, 5.41) is 0. The summed E-state index contributed by atoms with van der Waals surface area (Å²) in [6.45, 7) is 2.32. The number of ether oxygens (including phenoxy) is 1. The monoisotopic (exact) mass is 354 g/mol. The van der Waals surface area contributed by atoms with Crippen molar-refractivity contribution in [1.82, 2.24) is 4.90 Å². The molecule has 1 saturated carbocycles. The lowest BCUT2D eigenvalue weighted by atomic mass is 10.1. The second-order valence-corrected chi connectivity index (χ2v) is 7.06. The van der Waals surface area contributed by atoms with Gasteiger partial charge in [0.1, 0.15) is 12.4 Å². The van der Waals surface area contributed by atoms with Crippen molar-refractivity contribution in [3.8, 4) is 0 Å². The minimum absolute atomic E-state index is 0.222. The maximum atomic E-state index is 13.2. The van der Waals surface area contributed by atoms with Gasteiger partial charge in [0.2, 0.25) is 0 Å². The Labute approximate surface area is 153 Å². The predicted octanol–water partition coefficient (Wildman–Crippen LogP) is 4.06. The zero-order valence-corrected chi connectivity index (χ0v) is 14.7. The Morgan fingerprint density at radius 2 is 1.77 bits per heavy atom. The number of anilines is 1. The van der Waals surface area contributed by atoms with Gasteiger partial charge in [0.15, 0.2) is 0 Å². The van der Waals surface area contributed by atoms with Gasteiger partial charge in [-0.25, -0.2) is 9.18 Å². The first-order valence-corrected chi connectivity index (χ1v) is 9.18. The average Bonchev–Trinajstić information content (AvgIpc) is 3.52. The minimum Gasteiger partial charge on any atom is -0.445 e. The van der Waals surface area contributed by atoms with Gasteiger partial charge in [-0.3, -0.25) is 0 Å². The molecule has 0 N–H and O–H groups in total. The Balaban J connectivity index is 1.39. The molecule has 1 aliphatic heterocycles. The Morgan fingerprint density at radius 1 is 1.04 bits per heavy atom. The molecule has 4 nitrogen and oxygen atoms in total. The summed E-state index contributed by atoms with van der Waals surface area (Å²) < 4.78 is 18.7. The molecule has 5 heteroatoms. The second kappa shape index (κ2) is 7.36. The van der Waals surface area contributed by atoms with Crippen LogP contribution in [-0.2, 0) is 11.3 Å². The maximum Gasteiger partial charge on any atom is 0.410 e. The first kappa shape index (κ1) is 16.9. The van der Waals surface area contributed by atoms with Crippen LogP contribution < -0.4 is 4.90 Å². The van der Waals surface area contributed by atoms with Crippen LogP contribution >= 0.6 is 0 Å². The minimum atomic E-state index is -0.252. The largest absolute Gasteiger partial charge is 0.445 e. The van der Waals surface area contributed by atoms with Crippen molar-refractivity contribution < 1.29 is 13.9 Å². The summed E-state index contributed by atoms with van der Waals surface area (Å²) in [5.41, 5.74) is 2.02. The summed E-state index contributed by atoms with van der Waals surface area (Å²) in [5.74, 6) is 0.379. The van der Waals surface area contributed by atoms with Crippen LogP contribution in [0.15, 0.2) is 54.6 Å². The Bertz CT molecular complexity index is 746. The number of carbonyl (C=O) groups is 1. The molecule has 2 aromatic rings. The van der Waals surface area contributed by atoms with Crippen molar-refractivity contribution in [2.75, 3.05) is 24.5 Å². The van der Waals surface area contributed by atoms with Gasteiger partial charge in [0.05, 0.1) is 0 Å². The molecule has 26 heavy (non-hydrogen) atoms. The third-order valence-electron chi connectivity index (χ3n) is 5.21. The number of hydrogen-bond donors (Lipinski definition) is 0. The number of carbonyl (C=O) groups excluding carboxylic acids is 1. The fourth-order valence-electron chi connectivity index (χ4n) is 3.62. The molecule has 2 aromatic carbocycles. The highest BCUT2D eigenvalue weighted by Gasteiger charge is 2.40. The zero-order valence-electron chi connectivity index (χ0n) is 14.7. The van der Waals surface area contributed by atoms with E-state index in [1.165, 1.54) is 25.0 Å². The number of benzene rings is 2. The number of nitrogens with zero attached hydrogens (tertiary/aromatic N) is 2. The van der Waals surface area contributed by atoms with E-state index in [2.05, 4.69) is 4.90 Å². The number of hydrogen-bond acceptors (Lipinski definition) is 3. The molecule has 1 heterocycles. The molecule has 136 valence electrons. The van der Waals surface area contributed by atoms with E-state index in [1.54, 1.807) is 0 Å². The van der Waals surface area contributed by atoms with E-state index < -0.39 is 0 Å². The lowest BCUT2D eigenvalue weighted by Crippen LogP contribution is -2.56. The topological polar surface area (TPSA) is 32.8 Å². The van der Waals surface area contributed by atoms with Gasteiger partial charge in [-0.2, -0.15) is 0 Å². The van der Waals surface area contributed by atoms with Crippen molar-refractivity contribution in [1.29, 1.82) is 0 Å². The van der Waals surface area contributed by atoms with E-state index in [4.69, 9.17) is 4.74 Å². The van der Waals surface area contributed by atoms with E-state index in [1.807, 2.05) is 47.4 Å². The van der Waals surface area contributed by atoms with Crippen molar-refractivity contribution in [2.24, 2.45) is 5.92 Å². The molecule has 0 radical (unpaired) electrons. The van der Waals surface area contributed by atoms with E-state index in [-0.39, 0.29) is 18.0 Å². The Morgan fingerprint density at radius 3 is 2.46 bits per heavy atom. The molecule has 2 fully saturated rings. The molecule has 0 aromatic heterocycles. The Hall–Kier alpha value is -2.56. The highest BCUT2D eigenvalue weighted by Crippen LogP contribution is 2.38. The SMILES string of the molecule is O=C(OCc1ccccc1)N1CCN(c2ccc(F)cc2)C(C2CC2)C1. The third kappa shape index (κ3) is 3.82. The number of halogens is 1. The van der Waals surface area contributed by atoms with Crippen LogP contribution in [0.3, 0.4) is 0 Å². The lowest BCUT2D eigenvalue weighted by molar-refractivity contribution is 0.0875. The lowest BCUT2D eigenvalue weighted by Gasteiger charge is -2.42. The Kier molecular flexibility index (Phi) is 4.78. The van der Waals surface area contributed by atoms with Crippen LogP contribution in [0.2, 0.25) is 0 Å². The molecule has 1 amide bonds. The summed E-state index contributed by atoms with van der Waals surface area (Å²) in [4.78, 5) is 16.6. The van der Waals surface area contributed by atoms with Gasteiger partial charge in [0.25, 0.3) is 0 Å². The van der Waals surface area contributed by atoms with Crippen LogP contribution in [-0.4, -0.2) is 36.7 Å². The summed E-state index contributed by atoms with van der Waals surface area (Å²) in [6.07, 6.45) is 2.13. The average molecular weight is 354 g/mol. The molecular formula is C21H23FN2O2. The van der Waals surface area contributed by atoms with Crippen LogP contribution in [0.1, 0.15) is 18.4 Å². The van der Waals surface area contributed by atoms with Crippen molar-refractivity contribution in [3.05, 3.63) is 66.0 Å². The van der Waals surface area contributed by atoms with Gasteiger partial charge in [-0.15, -0.1) is 0 Å². The fraction of sp³-hybridized carbons (Fsp3) is 0.381. The molecule has 1 saturated heterocycles. The highest BCUT2D eigenvalue weighted by molar-refractivity contribution is 5.68. The van der Waals surface area contributed by atoms with Gasteiger partial charge in [0, 0.05) is 31.4 Å². The van der Waals surface area contributed by atoms with Crippen molar-refractivity contribution in [3.63, 3.8) is 0 Å². The van der Waals surface area contributed by atoms with Crippen LogP contribution in [0.4, 0.5) is 14.9 Å². The smallest absolute Gasteiger partial charge is 0.410 e. The first-order chi connectivity index (χ1) is 12.7. The molecular weight excluding hydrogens is 331 g/mol. The summed E-state index contributed by atoms with van der Waals surface area (Å²) in [7, 11) is 0. The standard InChI is InChI=1S/C21H23FN2O2/c22-18-8-10-19(11-9-18)24-13-12-23(14-20(24)17-6-7-17)21(25)26-15-16-4-2-1-3-5-16/h1-5,8-11,17,20H,6-7,12-15H2. The third-order valence-corrected chi connectivity index (χ3v) is 5.21. The molecule has 2 aliphatic rings. The summed E-state index contributed by atoms with van der Waals surface area (Å²) in [6, 6.07) is 16.7. The van der Waals surface area contributed by atoms with Crippen LogP contribution in [0, 0.1) is 11.7 Å². The normalized spacial score (nSPS) is 20.1. The van der Waals surface area contributed by atoms with Crippen LogP contribution in [0.5, 0.6) is 0 Å². The summed E-state index contributed by atoms with van der Waals surface area (Å²) >= 11 is 0. The maximum absolute atomic E-state index is 13.2. The zero-order chi connectivity index (χ0) is 17.9. The van der Waals surface area contributed by atoms with Gasteiger partial charge < -0.3 is 14.5 Å². The number of piperazine rings is 1. The van der Waals surface area contributed by atoms with Gasteiger partial charge >= 0.3 is 6.09 Å². The fourth-order valence-corrected chi connectivity index (χ4v) is 3.62. The second-order valence-electron chi connectivity index (χ2n) is 7.06. The quantitative estimate of drug-likeness (QED) is 0.830. The molecule has 4 rings (SSSR count). The van der Waals surface area contributed by atoms with E-state index in [0.29, 0.717) is 25.6 Å². The van der Waals surface area contributed by atoms with Crippen LogP contribution in [0.25, 0.3) is 0 Å². The predicted molar refractivity (Wildman–Crippen MR) is 98.5 cm³/mol. The molecule has 1 aliphatic carbocycles. The molecule has 0 spiro atoms. The molecule has 0 bridgehead atoms.